The van der Waals surface area contributed by atoms with Gasteiger partial charge in [0.15, 0.2) is 0 Å². The molecule has 3 heteroatoms. The van der Waals surface area contributed by atoms with Gasteiger partial charge in [-0.1, -0.05) is 6.08 Å². The third-order valence-electron chi connectivity index (χ3n) is 1.20. The molecule has 0 aromatic carbocycles. The molecule has 3 nitrogen and oxygen atoms in total. The Balaban J connectivity index is 3.37. The lowest BCUT2D eigenvalue weighted by atomic mass is 10.2. The van der Waals surface area contributed by atoms with E-state index >= 15 is 0 Å². The Kier molecular flexibility index (Phi) is 6.08. The van der Waals surface area contributed by atoms with Crippen molar-refractivity contribution in [2.24, 2.45) is 11.5 Å². The van der Waals surface area contributed by atoms with Crippen LogP contribution in [0.1, 0.15) is 19.3 Å². The molecule has 0 aliphatic rings. The lowest BCUT2D eigenvalue weighted by Crippen LogP contribution is -1.96. The minimum absolute atomic E-state index is 0.552. The van der Waals surface area contributed by atoms with E-state index in [9.17, 15) is 4.79 Å². The van der Waals surface area contributed by atoms with E-state index in [1.807, 2.05) is 6.08 Å². The van der Waals surface area contributed by atoms with Crippen LogP contribution in [-0.2, 0) is 4.79 Å². The minimum Gasteiger partial charge on any atom is -0.403 e. The van der Waals surface area contributed by atoms with E-state index in [-0.39, 0.29) is 0 Å². The van der Waals surface area contributed by atoms with Gasteiger partial charge in [0.1, 0.15) is 6.29 Å². The van der Waals surface area contributed by atoms with E-state index in [2.05, 4.69) is 0 Å². The SMILES string of the molecule is N/C=C(N)\C=C/CCCC=O. The number of nitrogens with two attached hydrogens (primary N) is 2. The van der Waals surface area contributed by atoms with E-state index in [1.54, 1.807) is 6.08 Å². The quantitative estimate of drug-likeness (QED) is 0.347. The second-order valence-electron chi connectivity index (χ2n) is 2.17. The number of unbranched alkanes of at least 4 members (excludes halogenated alkanes) is 2. The van der Waals surface area contributed by atoms with Gasteiger partial charge in [-0.15, -0.1) is 0 Å². The fraction of sp³-hybridized carbons (Fsp3) is 0.375. The maximum Gasteiger partial charge on any atom is 0.120 e. The van der Waals surface area contributed by atoms with E-state index in [1.165, 1.54) is 6.20 Å². The molecule has 0 spiro atoms. The Morgan fingerprint density at radius 1 is 1.36 bits per heavy atom. The average molecular weight is 154 g/mol. The Labute approximate surface area is 66.8 Å². The Bertz CT molecular complexity index is 161. The molecule has 0 amide bonds. The summed E-state index contributed by atoms with van der Waals surface area (Å²) in [6.45, 7) is 0. The molecule has 0 unspecified atom stereocenters. The molecule has 0 heterocycles. The summed E-state index contributed by atoms with van der Waals surface area (Å²) in [7, 11) is 0. The smallest absolute Gasteiger partial charge is 0.120 e. The van der Waals surface area contributed by atoms with E-state index in [4.69, 9.17) is 11.5 Å². The fourth-order valence-electron chi connectivity index (χ4n) is 0.594. The van der Waals surface area contributed by atoms with Gasteiger partial charge in [0, 0.05) is 18.3 Å². The molecular formula is C8H14N2O. The van der Waals surface area contributed by atoms with Gasteiger partial charge in [0.25, 0.3) is 0 Å². The van der Waals surface area contributed by atoms with Gasteiger partial charge in [-0.25, -0.2) is 0 Å². The topological polar surface area (TPSA) is 69.1 Å². The molecular weight excluding hydrogens is 140 g/mol. The van der Waals surface area contributed by atoms with Crippen LogP contribution in [0.5, 0.6) is 0 Å². The molecule has 0 rings (SSSR count). The van der Waals surface area contributed by atoms with Gasteiger partial charge < -0.3 is 16.3 Å². The second kappa shape index (κ2) is 6.86. The maximum absolute atomic E-state index is 9.88. The number of hydrogen-bond acceptors (Lipinski definition) is 3. The highest BCUT2D eigenvalue weighted by Crippen LogP contribution is 1.95. The van der Waals surface area contributed by atoms with Crippen LogP contribution in [0.4, 0.5) is 0 Å². The van der Waals surface area contributed by atoms with Crippen molar-refractivity contribution in [2.75, 3.05) is 0 Å². The number of allylic oxidation sites excluding steroid dienone is 2. The summed E-state index contributed by atoms with van der Waals surface area (Å²) in [6.07, 6.45) is 8.25. The molecule has 11 heavy (non-hydrogen) atoms. The second-order valence-corrected chi connectivity index (χ2v) is 2.17. The molecule has 4 N–H and O–H groups in total. The summed E-state index contributed by atoms with van der Waals surface area (Å²) >= 11 is 0. The summed E-state index contributed by atoms with van der Waals surface area (Å²) < 4.78 is 0. The molecule has 0 bridgehead atoms. The fourth-order valence-corrected chi connectivity index (χ4v) is 0.594. The zero-order valence-corrected chi connectivity index (χ0v) is 6.49. The molecule has 0 radical (unpaired) electrons. The van der Waals surface area contributed by atoms with Gasteiger partial charge in [-0.2, -0.15) is 0 Å². The monoisotopic (exact) mass is 154 g/mol. The van der Waals surface area contributed by atoms with Crippen molar-refractivity contribution < 1.29 is 4.79 Å². The number of rotatable bonds is 5. The molecule has 62 valence electrons. The standard InChI is InChI=1S/C8H14N2O/c9-7-8(10)5-3-1-2-4-6-11/h3,5-7H,1-2,4,9-10H2/b5-3-,8-7+. The van der Waals surface area contributed by atoms with E-state index in [0.717, 1.165) is 19.1 Å². The highest BCUT2D eigenvalue weighted by Gasteiger charge is 1.82. The predicted octanol–water partition coefficient (Wildman–Crippen LogP) is 0.671. The van der Waals surface area contributed by atoms with Gasteiger partial charge >= 0.3 is 0 Å². The van der Waals surface area contributed by atoms with Gasteiger partial charge in [0.2, 0.25) is 0 Å². The van der Waals surface area contributed by atoms with Crippen molar-refractivity contribution in [3.05, 3.63) is 24.0 Å². The maximum atomic E-state index is 9.88. The molecule has 0 aromatic heterocycles. The normalized spacial score (nSPS) is 12.2. The Morgan fingerprint density at radius 3 is 2.64 bits per heavy atom. The summed E-state index contributed by atoms with van der Waals surface area (Å²) in [5.74, 6) is 0. The van der Waals surface area contributed by atoms with E-state index in [0.29, 0.717) is 12.1 Å². The average Bonchev–Trinajstić information content (AvgIpc) is 2.04. The van der Waals surface area contributed by atoms with Crippen molar-refractivity contribution >= 4 is 6.29 Å². The third-order valence-corrected chi connectivity index (χ3v) is 1.20. The lowest BCUT2D eigenvalue weighted by Gasteiger charge is -1.89. The van der Waals surface area contributed by atoms with Crippen LogP contribution in [0.15, 0.2) is 24.0 Å². The van der Waals surface area contributed by atoms with Crippen LogP contribution in [0, 0.1) is 0 Å². The van der Waals surface area contributed by atoms with Gasteiger partial charge in [-0.3, -0.25) is 0 Å². The Hall–Kier alpha value is -1.25. The highest BCUT2D eigenvalue weighted by atomic mass is 16.1. The van der Waals surface area contributed by atoms with Crippen molar-refractivity contribution in [1.82, 2.24) is 0 Å². The molecule has 0 atom stereocenters. The summed E-state index contributed by atoms with van der Waals surface area (Å²) in [5.41, 5.74) is 11.0. The first-order chi connectivity index (χ1) is 5.31. The zero-order valence-electron chi connectivity index (χ0n) is 6.49. The molecule has 0 aliphatic heterocycles. The van der Waals surface area contributed by atoms with Crippen LogP contribution in [-0.4, -0.2) is 6.29 Å². The highest BCUT2D eigenvalue weighted by molar-refractivity contribution is 5.49. The first-order valence-corrected chi connectivity index (χ1v) is 3.58. The lowest BCUT2D eigenvalue weighted by molar-refractivity contribution is -0.107. The number of hydrogen-bond donors (Lipinski definition) is 2. The number of carbonyl (C=O) groups is 1. The van der Waals surface area contributed by atoms with Crippen molar-refractivity contribution in [3.8, 4) is 0 Å². The van der Waals surface area contributed by atoms with E-state index < -0.39 is 0 Å². The Morgan fingerprint density at radius 2 is 2.09 bits per heavy atom. The van der Waals surface area contributed by atoms with Gasteiger partial charge in [0.05, 0.1) is 0 Å². The summed E-state index contributed by atoms with van der Waals surface area (Å²) in [4.78, 5) is 9.88. The molecule has 0 aliphatic carbocycles. The van der Waals surface area contributed by atoms with Gasteiger partial charge in [-0.05, 0) is 18.9 Å². The van der Waals surface area contributed by atoms with Crippen molar-refractivity contribution in [3.63, 3.8) is 0 Å². The molecule has 0 fully saturated rings. The minimum atomic E-state index is 0.552. The summed E-state index contributed by atoms with van der Waals surface area (Å²) in [6, 6.07) is 0. The largest absolute Gasteiger partial charge is 0.403 e. The third kappa shape index (κ3) is 6.64. The number of aldehydes is 1. The van der Waals surface area contributed by atoms with Crippen LogP contribution in [0.2, 0.25) is 0 Å². The molecule has 0 aromatic rings. The van der Waals surface area contributed by atoms with Crippen LogP contribution in [0.25, 0.3) is 0 Å². The molecule has 0 saturated heterocycles. The first-order valence-electron chi connectivity index (χ1n) is 3.58. The van der Waals surface area contributed by atoms with Crippen LogP contribution < -0.4 is 11.5 Å². The van der Waals surface area contributed by atoms with Crippen LogP contribution in [0.3, 0.4) is 0 Å². The first kappa shape index (κ1) is 9.75. The predicted molar refractivity (Wildman–Crippen MR) is 45.5 cm³/mol. The zero-order chi connectivity index (χ0) is 8.53. The summed E-state index contributed by atoms with van der Waals surface area (Å²) in [5, 5.41) is 0. The van der Waals surface area contributed by atoms with Crippen LogP contribution >= 0.6 is 0 Å². The molecule has 0 saturated carbocycles. The number of carbonyl (C=O) groups excluding carboxylic acids is 1. The van der Waals surface area contributed by atoms with Crippen molar-refractivity contribution in [2.45, 2.75) is 19.3 Å². The van der Waals surface area contributed by atoms with Crippen molar-refractivity contribution in [1.29, 1.82) is 0 Å².